The Morgan fingerprint density at radius 3 is 2.37 bits per heavy atom. The minimum atomic E-state index is -0.0117. The zero-order valence-electron chi connectivity index (χ0n) is 17.6. The van der Waals surface area contributed by atoms with Crippen LogP contribution in [-0.2, 0) is 13.2 Å². The van der Waals surface area contributed by atoms with Crippen LogP contribution >= 0.6 is 0 Å². The summed E-state index contributed by atoms with van der Waals surface area (Å²) in [5, 5.41) is 0. The quantitative estimate of drug-likeness (QED) is 0.471. The van der Waals surface area contributed by atoms with E-state index in [-0.39, 0.29) is 5.91 Å². The highest BCUT2D eigenvalue weighted by molar-refractivity contribution is 5.95. The second-order valence-electron chi connectivity index (χ2n) is 6.95. The molecule has 0 aliphatic rings. The second-order valence-corrected chi connectivity index (χ2v) is 6.95. The Kier molecular flexibility index (Phi) is 7.84. The van der Waals surface area contributed by atoms with E-state index in [4.69, 9.17) is 9.47 Å². The van der Waals surface area contributed by atoms with Crippen molar-refractivity contribution in [3.05, 3.63) is 89.7 Å². The Morgan fingerprint density at radius 2 is 1.67 bits per heavy atom. The molecule has 156 valence electrons. The number of hydrogen-bond donors (Lipinski definition) is 0. The molecule has 0 spiro atoms. The number of aromatic nitrogens is 1. The smallest absolute Gasteiger partial charge is 0.254 e. The first-order valence-corrected chi connectivity index (χ1v) is 10.3. The lowest BCUT2D eigenvalue weighted by molar-refractivity contribution is 0.0742. The van der Waals surface area contributed by atoms with Crippen molar-refractivity contribution >= 4 is 5.91 Å². The molecule has 1 heterocycles. The average Bonchev–Trinajstić information content (AvgIpc) is 2.79. The molecule has 30 heavy (non-hydrogen) atoms. The van der Waals surface area contributed by atoms with Crippen molar-refractivity contribution in [2.24, 2.45) is 0 Å². The molecule has 1 amide bonds. The third kappa shape index (κ3) is 5.83. The maximum Gasteiger partial charge on any atom is 0.254 e. The summed E-state index contributed by atoms with van der Waals surface area (Å²) in [4.78, 5) is 19.1. The van der Waals surface area contributed by atoms with E-state index in [1.165, 1.54) is 0 Å². The van der Waals surface area contributed by atoms with Crippen LogP contribution in [0.15, 0.2) is 73.1 Å². The number of hydrogen-bond acceptors (Lipinski definition) is 4. The van der Waals surface area contributed by atoms with Crippen molar-refractivity contribution in [1.29, 1.82) is 0 Å². The fraction of sp³-hybridized carbons (Fsp3) is 0.280. The van der Waals surface area contributed by atoms with Crippen LogP contribution in [0.4, 0.5) is 0 Å². The Hall–Kier alpha value is -3.34. The molecule has 3 aromatic rings. The van der Waals surface area contributed by atoms with Crippen molar-refractivity contribution in [1.82, 2.24) is 9.88 Å². The SMILES string of the molecule is CCCN(Cc1ccccc1)C(=O)c1ccc(OCc2ccncc2)c(OCC)c1. The normalized spacial score (nSPS) is 10.5. The van der Waals surface area contributed by atoms with Crippen molar-refractivity contribution in [2.45, 2.75) is 33.4 Å². The first-order chi connectivity index (χ1) is 14.7. The van der Waals surface area contributed by atoms with E-state index in [9.17, 15) is 4.79 Å². The zero-order chi connectivity index (χ0) is 21.2. The number of carbonyl (C=O) groups is 1. The van der Waals surface area contributed by atoms with E-state index < -0.39 is 0 Å². The summed E-state index contributed by atoms with van der Waals surface area (Å²) in [6.07, 6.45) is 4.36. The van der Waals surface area contributed by atoms with E-state index in [0.717, 1.165) is 17.5 Å². The van der Waals surface area contributed by atoms with Crippen molar-refractivity contribution in [3.63, 3.8) is 0 Å². The van der Waals surface area contributed by atoms with Crippen molar-refractivity contribution < 1.29 is 14.3 Å². The van der Waals surface area contributed by atoms with Crippen molar-refractivity contribution in [3.8, 4) is 11.5 Å². The average molecular weight is 405 g/mol. The van der Waals surface area contributed by atoms with Crippen LogP contribution in [0.1, 0.15) is 41.8 Å². The molecule has 0 bridgehead atoms. The summed E-state index contributed by atoms with van der Waals surface area (Å²) in [6, 6.07) is 19.3. The third-order valence-corrected chi connectivity index (χ3v) is 4.63. The van der Waals surface area contributed by atoms with Crippen LogP contribution in [0.3, 0.4) is 0 Å². The van der Waals surface area contributed by atoms with Crippen molar-refractivity contribution in [2.75, 3.05) is 13.2 Å². The van der Waals surface area contributed by atoms with Gasteiger partial charge in [-0.05, 0) is 54.8 Å². The van der Waals surface area contributed by atoms with Gasteiger partial charge in [-0.25, -0.2) is 0 Å². The number of nitrogens with zero attached hydrogens (tertiary/aromatic N) is 2. The molecule has 0 aliphatic carbocycles. The van der Waals surface area contributed by atoms with Crippen LogP contribution in [0.2, 0.25) is 0 Å². The maximum atomic E-state index is 13.2. The first-order valence-electron chi connectivity index (χ1n) is 10.3. The van der Waals surface area contributed by atoms with Gasteiger partial charge in [0.05, 0.1) is 6.61 Å². The monoisotopic (exact) mass is 404 g/mol. The predicted octanol–water partition coefficient (Wildman–Crippen LogP) is 5.11. The Labute approximate surface area is 178 Å². The first kappa shape index (κ1) is 21.4. The molecule has 1 aromatic heterocycles. The molecule has 0 saturated heterocycles. The molecular weight excluding hydrogens is 376 g/mol. The van der Waals surface area contributed by atoms with Gasteiger partial charge >= 0.3 is 0 Å². The lowest BCUT2D eigenvalue weighted by Crippen LogP contribution is -2.31. The van der Waals surface area contributed by atoms with E-state index in [1.807, 2.05) is 60.4 Å². The Balaban J connectivity index is 1.77. The van der Waals surface area contributed by atoms with Gasteiger partial charge in [-0.1, -0.05) is 37.3 Å². The second kappa shape index (κ2) is 11.0. The number of ether oxygens (including phenoxy) is 2. The van der Waals surface area contributed by atoms with E-state index in [1.54, 1.807) is 24.5 Å². The fourth-order valence-electron chi connectivity index (χ4n) is 3.18. The van der Waals surface area contributed by atoms with Gasteiger partial charge in [-0.2, -0.15) is 0 Å². The fourth-order valence-corrected chi connectivity index (χ4v) is 3.18. The van der Waals surface area contributed by atoms with Gasteiger partial charge < -0.3 is 14.4 Å². The largest absolute Gasteiger partial charge is 0.490 e. The summed E-state index contributed by atoms with van der Waals surface area (Å²) >= 11 is 0. The number of amides is 1. The molecule has 0 radical (unpaired) electrons. The molecule has 2 aromatic carbocycles. The summed E-state index contributed by atoms with van der Waals surface area (Å²) in [5.74, 6) is 1.19. The maximum absolute atomic E-state index is 13.2. The van der Waals surface area contributed by atoms with Gasteiger partial charge in [-0.15, -0.1) is 0 Å². The molecule has 5 heteroatoms. The molecule has 0 saturated carbocycles. The molecule has 0 unspecified atom stereocenters. The number of rotatable bonds is 10. The predicted molar refractivity (Wildman–Crippen MR) is 118 cm³/mol. The summed E-state index contributed by atoms with van der Waals surface area (Å²) in [6.45, 7) is 6.17. The van der Waals surface area contributed by atoms with Crippen LogP contribution < -0.4 is 9.47 Å². The van der Waals surface area contributed by atoms with E-state index in [2.05, 4.69) is 11.9 Å². The van der Waals surface area contributed by atoms with Crippen LogP contribution in [-0.4, -0.2) is 28.9 Å². The summed E-state index contributed by atoms with van der Waals surface area (Å²) in [5.41, 5.74) is 2.73. The topological polar surface area (TPSA) is 51.7 Å². The molecule has 5 nitrogen and oxygen atoms in total. The van der Waals surface area contributed by atoms with Gasteiger partial charge in [0.25, 0.3) is 5.91 Å². The highest BCUT2D eigenvalue weighted by Crippen LogP contribution is 2.30. The Bertz CT molecular complexity index is 930. The van der Waals surface area contributed by atoms with E-state index in [0.29, 0.717) is 43.4 Å². The minimum absolute atomic E-state index is 0.0117. The molecule has 0 fully saturated rings. The molecular formula is C25H28N2O3. The number of benzene rings is 2. The van der Waals surface area contributed by atoms with Gasteiger partial charge in [0.15, 0.2) is 11.5 Å². The lowest BCUT2D eigenvalue weighted by Gasteiger charge is -2.23. The Morgan fingerprint density at radius 1 is 0.900 bits per heavy atom. The molecule has 0 aliphatic heterocycles. The van der Waals surface area contributed by atoms with Gasteiger partial charge in [-0.3, -0.25) is 9.78 Å². The van der Waals surface area contributed by atoms with Crippen LogP contribution in [0.25, 0.3) is 0 Å². The molecule has 3 rings (SSSR count). The van der Waals surface area contributed by atoms with Crippen LogP contribution in [0, 0.1) is 0 Å². The highest BCUT2D eigenvalue weighted by Gasteiger charge is 2.18. The third-order valence-electron chi connectivity index (χ3n) is 4.63. The highest BCUT2D eigenvalue weighted by atomic mass is 16.5. The number of pyridine rings is 1. The van der Waals surface area contributed by atoms with Gasteiger partial charge in [0.1, 0.15) is 6.61 Å². The van der Waals surface area contributed by atoms with E-state index >= 15 is 0 Å². The standard InChI is InChI=1S/C25H28N2O3/c1-3-16-27(18-20-8-6-5-7-9-20)25(28)22-10-11-23(24(17-22)29-4-2)30-19-21-12-14-26-15-13-21/h5-15,17H,3-4,16,18-19H2,1-2H3. The lowest BCUT2D eigenvalue weighted by atomic mass is 10.1. The van der Waals surface area contributed by atoms with Gasteiger partial charge in [0, 0.05) is 31.0 Å². The number of carbonyl (C=O) groups excluding carboxylic acids is 1. The molecule has 0 atom stereocenters. The van der Waals surface area contributed by atoms with Gasteiger partial charge in [0.2, 0.25) is 0 Å². The summed E-state index contributed by atoms with van der Waals surface area (Å²) in [7, 11) is 0. The van der Waals surface area contributed by atoms with Crippen LogP contribution in [0.5, 0.6) is 11.5 Å². The zero-order valence-corrected chi connectivity index (χ0v) is 17.6. The molecule has 0 N–H and O–H groups in total. The minimum Gasteiger partial charge on any atom is -0.490 e. The summed E-state index contributed by atoms with van der Waals surface area (Å²) < 4.78 is 11.7.